The Hall–Kier alpha value is -0.840. The van der Waals surface area contributed by atoms with Crippen molar-refractivity contribution in [2.24, 2.45) is 11.3 Å². The van der Waals surface area contributed by atoms with Crippen LogP contribution in [0.4, 0.5) is 5.69 Å². The number of benzene rings is 1. The summed E-state index contributed by atoms with van der Waals surface area (Å²) in [6, 6.07) is 7.75. The Bertz CT molecular complexity index is 557. The van der Waals surface area contributed by atoms with Gasteiger partial charge in [0.05, 0.1) is 5.69 Å². The first kappa shape index (κ1) is 15.1. The van der Waals surface area contributed by atoms with E-state index in [0.717, 1.165) is 28.7 Å². The normalized spacial score (nSPS) is 31.5. The second-order valence-electron chi connectivity index (χ2n) is 7.29. The molecule has 1 spiro atoms. The fourth-order valence-corrected chi connectivity index (χ4v) is 4.55. The molecule has 3 rings (SSSR count). The molecule has 0 unspecified atom stereocenters. The van der Waals surface area contributed by atoms with Gasteiger partial charge in [0.25, 0.3) is 0 Å². The van der Waals surface area contributed by atoms with Crippen molar-refractivity contribution in [3.8, 4) is 0 Å². The average Bonchev–Trinajstić information content (AvgIpc) is 2.63. The summed E-state index contributed by atoms with van der Waals surface area (Å²) in [5, 5.41) is 6.98. The van der Waals surface area contributed by atoms with Gasteiger partial charge in [-0.25, -0.2) is 5.43 Å². The average molecular weight is 324 g/mol. The molecule has 1 saturated carbocycles. The van der Waals surface area contributed by atoms with Crippen LogP contribution < -0.4 is 15.8 Å². The summed E-state index contributed by atoms with van der Waals surface area (Å²) in [6.07, 6.45) is 3.40. The molecular weight excluding hydrogens is 302 g/mol. The molecule has 0 bridgehead atoms. The highest BCUT2D eigenvalue weighted by Crippen LogP contribution is 2.44. The fourth-order valence-electron chi connectivity index (χ4n) is 4.08. The Balaban J connectivity index is 1.85. The molecule has 3 nitrogen and oxygen atoms in total. The van der Waals surface area contributed by atoms with E-state index in [-0.39, 0.29) is 5.66 Å². The van der Waals surface area contributed by atoms with Crippen molar-refractivity contribution in [1.29, 1.82) is 0 Å². The molecule has 1 aliphatic heterocycles. The molecule has 1 aromatic carbocycles. The highest BCUT2D eigenvalue weighted by Gasteiger charge is 2.48. The van der Waals surface area contributed by atoms with Gasteiger partial charge >= 0.3 is 0 Å². The molecule has 2 N–H and O–H groups in total. The van der Waals surface area contributed by atoms with Gasteiger partial charge < -0.3 is 5.32 Å². The maximum atomic E-state index is 5.97. The van der Waals surface area contributed by atoms with Gasteiger partial charge in [0, 0.05) is 5.02 Å². The standard InChI is InChI=1S/C16H22ClN3S/c1-11-8-15(2,3)10-16(9-11)18-14(21)20(19-16)13-6-4-12(17)5-7-13/h4-7,11,19H,8-10H2,1-3H3,(H,18,21)/t11-,16+/m1/s1. The zero-order valence-corrected chi connectivity index (χ0v) is 14.3. The third kappa shape index (κ3) is 3.03. The molecule has 2 aliphatic rings. The molecule has 1 heterocycles. The number of halogens is 1. The van der Waals surface area contributed by atoms with Crippen LogP contribution in [0.5, 0.6) is 0 Å². The van der Waals surface area contributed by atoms with Crippen molar-refractivity contribution in [1.82, 2.24) is 10.7 Å². The van der Waals surface area contributed by atoms with Crippen LogP contribution in [0.2, 0.25) is 5.02 Å². The van der Waals surface area contributed by atoms with Gasteiger partial charge in [-0.05, 0) is 67.1 Å². The van der Waals surface area contributed by atoms with Gasteiger partial charge in [-0.2, -0.15) is 0 Å². The number of hydrogen-bond donors (Lipinski definition) is 2. The van der Waals surface area contributed by atoms with Gasteiger partial charge in [-0.1, -0.05) is 32.4 Å². The van der Waals surface area contributed by atoms with Crippen LogP contribution in [0.15, 0.2) is 24.3 Å². The lowest BCUT2D eigenvalue weighted by Gasteiger charge is -2.45. The zero-order chi connectivity index (χ0) is 15.3. The van der Waals surface area contributed by atoms with Crippen LogP contribution in [-0.2, 0) is 0 Å². The third-order valence-corrected chi connectivity index (χ3v) is 4.87. The number of anilines is 1. The van der Waals surface area contributed by atoms with Crippen molar-refractivity contribution >= 4 is 34.6 Å². The largest absolute Gasteiger partial charge is 0.342 e. The van der Waals surface area contributed by atoms with Crippen molar-refractivity contribution in [2.75, 3.05) is 5.01 Å². The van der Waals surface area contributed by atoms with Gasteiger partial charge in [-0.3, -0.25) is 5.01 Å². The van der Waals surface area contributed by atoms with Crippen molar-refractivity contribution < 1.29 is 0 Å². The Morgan fingerprint density at radius 2 is 1.90 bits per heavy atom. The summed E-state index contributed by atoms with van der Waals surface area (Å²) in [4.78, 5) is 0. The molecule has 21 heavy (non-hydrogen) atoms. The molecule has 1 saturated heterocycles. The minimum Gasteiger partial charge on any atom is -0.342 e. The quantitative estimate of drug-likeness (QED) is 0.761. The maximum Gasteiger partial charge on any atom is 0.189 e. The summed E-state index contributed by atoms with van der Waals surface area (Å²) in [5.74, 6) is 0.668. The lowest BCUT2D eigenvalue weighted by atomic mass is 9.68. The van der Waals surface area contributed by atoms with Crippen molar-refractivity contribution in [3.05, 3.63) is 29.3 Å². The lowest BCUT2D eigenvalue weighted by Crippen LogP contribution is -2.57. The summed E-state index contributed by atoms with van der Waals surface area (Å²) < 4.78 is 0. The van der Waals surface area contributed by atoms with E-state index in [4.69, 9.17) is 23.8 Å². The van der Waals surface area contributed by atoms with Gasteiger partial charge in [0.2, 0.25) is 0 Å². The second kappa shape index (κ2) is 5.11. The molecule has 5 heteroatoms. The summed E-state index contributed by atoms with van der Waals surface area (Å²) >= 11 is 11.5. The molecule has 1 aromatic rings. The molecule has 0 radical (unpaired) electrons. The second-order valence-corrected chi connectivity index (χ2v) is 8.11. The number of rotatable bonds is 1. The van der Waals surface area contributed by atoms with Crippen LogP contribution in [0.1, 0.15) is 40.0 Å². The lowest BCUT2D eigenvalue weighted by molar-refractivity contribution is 0.0828. The van der Waals surface area contributed by atoms with Crippen LogP contribution in [0, 0.1) is 11.3 Å². The van der Waals surface area contributed by atoms with E-state index in [2.05, 4.69) is 31.5 Å². The van der Waals surface area contributed by atoms with Gasteiger partial charge in [0.15, 0.2) is 5.11 Å². The van der Waals surface area contributed by atoms with Crippen LogP contribution in [-0.4, -0.2) is 10.8 Å². The van der Waals surface area contributed by atoms with Crippen LogP contribution in [0.25, 0.3) is 0 Å². The maximum absolute atomic E-state index is 5.97. The predicted octanol–water partition coefficient (Wildman–Crippen LogP) is 4.08. The summed E-state index contributed by atoms with van der Waals surface area (Å²) in [7, 11) is 0. The third-order valence-electron chi connectivity index (χ3n) is 4.34. The Morgan fingerprint density at radius 1 is 1.24 bits per heavy atom. The Labute approximate surface area is 137 Å². The number of thiocarbonyl (C=S) groups is 1. The monoisotopic (exact) mass is 323 g/mol. The number of nitrogens with zero attached hydrogens (tertiary/aromatic N) is 1. The number of nitrogens with one attached hydrogen (secondary N) is 2. The minimum absolute atomic E-state index is 0.127. The van der Waals surface area contributed by atoms with Gasteiger partial charge in [0.1, 0.15) is 5.66 Å². The predicted molar refractivity (Wildman–Crippen MR) is 92.3 cm³/mol. The van der Waals surface area contributed by atoms with Gasteiger partial charge in [-0.15, -0.1) is 0 Å². The minimum atomic E-state index is -0.127. The highest BCUT2D eigenvalue weighted by atomic mass is 35.5. The summed E-state index contributed by atoms with van der Waals surface area (Å²) in [5.41, 5.74) is 4.82. The Morgan fingerprint density at radius 3 is 2.52 bits per heavy atom. The fraction of sp³-hybridized carbons (Fsp3) is 0.562. The molecule has 1 aliphatic carbocycles. The molecule has 2 fully saturated rings. The smallest absolute Gasteiger partial charge is 0.189 e. The van der Waals surface area contributed by atoms with E-state index in [9.17, 15) is 0 Å². The van der Waals surface area contributed by atoms with E-state index in [1.54, 1.807) is 0 Å². The first-order valence-corrected chi connectivity index (χ1v) is 8.23. The van der Waals surface area contributed by atoms with E-state index in [1.165, 1.54) is 6.42 Å². The van der Waals surface area contributed by atoms with Crippen molar-refractivity contribution in [3.63, 3.8) is 0 Å². The Kier molecular flexibility index (Phi) is 3.67. The summed E-state index contributed by atoms with van der Waals surface area (Å²) in [6.45, 7) is 6.99. The van der Waals surface area contributed by atoms with E-state index >= 15 is 0 Å². The SMILES string of the molecule is C[C@@H]1CC(C)(C)C[C@@]2(C1)NC(=S)N(c1ccc(Cl)cc1)N2. The molecular formula is C16H22ClN3S. The molecule has 2 atom stereocenters. The van der Waals surface area contributed by atoms with Crippen molar-refractivity contribution in [2.45, 2.75) is 45.7 Å². The van der Waals surface area contributed by atoms with E-state index < -0.39 is 0 Å². The van der Waals surface area contributed by atoms with E-state index in [0.29, 0.717) is 11.3 Å². The first-order chi connectivity index (χ1) is 9.79. The topological polar surface area (TPSA) is 27.3 Å². The molecule has 0 amide bonds. The van der Waals surface area contributed by atoms with Crippen LogP contribution in [0.3, 0.4) is 0 Å². The molecule has 114 valence electrons. The highest BCUT2D eigenvalue weighted by molar-refractivity contribution is 7.80. The molecule has 0 aromatic heterocycles. The number of hydrogen-bond acceptors (Lipinski definition) is 2. The van der Waals surface area contributed by atoms with E-state index in [1.807, 2.05) is 29.3 Å². The zero-order valence-electron chi connectivity index (χ0n) is 12.7. The van der Waals surface area contributed by atoms with Crippen LogP contribution >= 0.6 is 23.8 Å². The first-order valence-electron chi connectivity index (χ1n) is 7.44. The number of hydrazine groups is 1.